The maximum absolute atomic E-state index is 14.0. The lowest BCUT2D eigenvalue weighted by Crippen LogP contribution is -2.46. The van der Waals surface area contributed by atoms with E-state index >= 15 is 0 Å². The highest BCUT2D eigenvalue weighted by Crippen LogP contribution is 2.37. The molecule has 1 amide bonds. The van der Waals surface area contributed by atoms with E-state index in [9.17, 15) is 13.6 Å². The van der Waals surface area contributed by atoms with Gasteiger partial charge in [-0.1, -0.05) is 30.3 Å². The molecule has 3 nitrogen and oxygen atoms in total. The smallest absolute Gasteiger partial charge is 0.238 e. The third kappa shape index (κ3) is 5.32. The van der Waals surface area contributed by atoms with Crippen LogP contribution in [-0.2, 0) is 4.79 Å². The Balaban J connectivity index is 2.25. The van der Waals surface area contributed by atoms with Crippen molar-refractivity contribution >= 4 is 17.7 Å². The average molecular weight is 350 g/mol. The van der Waals surface area contributed by atoms with Crippen LogP contribution in [0.3, 0.4) is 0 Å². The SMILES string of the molecule is CC(C)(N)CNC(=O)C(Sc1ccc(F)cc1F)c1ccccc1. The van der Waals surface area contributed by atoms with Crippen LogP contribution in [0.1, 0.15) is 24.7 Å². The van der Waals surface area contributed by atoms with Crippen LogP contribution in [0.25, 0.3) is 0 Å². The van der Waals surface area contributed by atoms with E-state index in [1.54, 1.807) is 26.0 Å². The van der Waals surface area contributed by atoms with Crippen molar-refractivity contribution < 1.29 is 13.6 Å². The van der Waals surface area contributed by atoms with Gasteiger partial charge in [0.25, 0.3) is 0 Å². The molecule has 0 aromatic heterocycles. The van der Waals surface area contributed by atoms with Crippen molar-refractivity contribution in [3.8, 4) is 0 Å². The first kappa shape index (κ1) is 18.4. The first-order chi connectivity index (χ1) is 11.3. The highest BCUT2D eigenvalue weighted by molar-refractivity contribution is 8.00. The van der Waals surface area contributed by atoms with Crippen LogP contribution in [0.2, 0.25) is 0 Å². The quantitative estimate of drug-likeness (QED) is 0.782. The molecule has 6 heteroatoms. The number of hydrogen-bond donors (Lipinski definition) is 2. The van der Waals surface area contributed by atoms with E-state index < -0.39 is 22.4 Å². The van der Waals surface area contributed by atoms with Crippen LogP contribution < -0.4 is 11.1 Å². The van der Waals surface area contributed by atoms with Gasteiger partial charge < -0.3 is 11.1 Å². The zero-order valence-electron chi connectivity index (χ0n) is 13.6. The zero-order valence-corrected chi connectivity index (χ0v) is 14.4. The second-order valence-corrected chi connectivity index (χ2v) is 7.34. The molecule has 1 unspecified atom stereocenters. The minimum atomic E-state index is -0.687. The van der Waals surface area contributed by atoms with Crippen molar-refractivity contribution in [2.24, 2.45) is 5.73 Å². The third-order valence-corrected chi connectivity index (χ3v) is 4.50. The molecule has 0 heterocycles. The summed E-state index contributed by atoms with van der Waals surface area (Å²) in [5.41, 5.74) is 6.07. The largest absolute Gasteiger partial charge is 0.353 e. The van der Waals surface area contributed by atoms with Crippen molar-refractivity contribution in [2.75, 3.05) is 6.54 Å². The Morgan fingerprint density at radius 2 is 1.88 bits per heavy atom. The van der Waals surface area contributed by atoms with Gasteiger partial charge in [0.15, 0.2) is 0 Å². The predicted octanol–water partition coefficient (Wildman–Crippen LogP) is 3.65. The molecule has 0 aliphatic rings. The summed E-state index contributed by atoms with van der Waals surface area (Å²) in [6, 6.07) is 12.4. The minimum Gasteiger partial charge on any atom is -0.353 e. The Morgan fingerprint density at radius 3 is 2.46 bits per heavy atom. The molecule has 128 valence electrons. The van der Waals surface area contributed by atoms with Gasteiger partial charge in [-0.05, 0) is 31.5 Å². The number of carbonyl (C=O) groups is 1. The number of thioether (sulfide) groups is 1. The predicted molar refractivity (Wildman–Crippen MR) is 92.7 cm³/mol. The fraction of sp³-hybridized carbons (Fsp3) is 0.278. The van der Waals surface area contributed by atoms with Crippen LogP contribution in [0.5, 0.6) is 0 Å². The first-order valence-electron chi connectivity index (χ1n) is 7.49. The van der Waals surface area contributed by atoms with Gasteiger partial charge in [0.05, 0.1) is 0 Å². The maximum Gasteiger partial charge on any atom is 0.238 e. The Labute approximate surface area is 144 Å². The number of nitrogens with two attached hydrogens (primary N) is 1. The summed E-state index contributed by atoms with van der Waals surface area (Å²) in [6.45, 7) is 3.90. The molecule has 0 radical (unpaired) electrons. The molecule has 3 N–H and O–H groups in total. The van der Waals surface area contributed by atoms with E-state index in [4.69, 9.17) is 5.73 Å². The van der Waals surface area contributed by atoms with Crippen molar-refractivity contribution in [1.82, 2.24) is 5.32 Å². The normalized spacial score (nSPS) is 12.7. The van der Waals surface area contributed by atoms with Crippen molar-refractivity contribution in [3.63, 3.8) is 0 Å². The molecule has 0 aliphatic heterocycles. The monoisotopic (exact) mass is 350 g/mol. The van der Waals surface area contributed by atoms with Gasteiger partial charge in [0.2, 0.25) is 5.91 Å². The van der Waals surface area contributed by atoms with Gasteiger partial charge in [-0.3, -0.25) is 4.79 Å². The summed E-state index contributed by atoms with van der Waals surface area (Å²) in [5, 5.41) is 2.13. The number of rotatable bonds is 6. The number of benzene rings is 2. The Bertz CT molecular complexity index is 702. The summed E-state index contributed by atoms with van der Waals surface area (Å²) >= 11 is 1.04. The van der Waals surface area contributed by atoms with E-state index in [0.717, 1.165) is 23.4 Å². The number of hydrogen-bond acceptors (Lipinski definition) is 3. The fourth-order valence-corrected chi connectivity index (χ4v) is 3.06. The van der Waals surface area contributed by atoms with E-state index in [0.29, 0.717) is 6.54 Å². The van der Waals surface area contributed by atoms with E-state index in [1.807, 2.05) is 18.2 Å². The lowest BCUT2D eigenvalue weighted by atomic mass is 10.1. The summed E-state index contributed by atoms with van der Waals surface area (Å²) in [4.78, 5) is 12.8. The second kappa shape index (κ2) is 7.77. The van der Waals surface area contributed by atoms with Crippen molar-refractivity contribution in [1.29, 1.82) is 0 Å². The van der Waals surface area contributed by atoms with E-state index in [-0.39, 0.29) is 10.8 Å². The van der Waals surface area contributed by atoms with E-state index in [2.05, 4.69) is 5.32 Å². The topological polar surface area (TPSA) is 55.1 Å². The number of carbonyl (C=O) groups excluding carboxylic acids is 1. The van der Waals surface area contributed by atoms with Crippen LogP contribution in [-0.4, -0.2) is 18.0 Å². The molecular formula is C18H20F2N2OS. The van der Waals surface area contributed by atoms with Crippen LogP contribution in [0.4, 0.5) is 8.78 Å². The third-order valence-electron chi connectivity index (χ3n) is 3.20. The second-order valence-electron chi connectivity index (χ2n) is 6.19. The van der Waals surface area contributed by atoms with E-state index in [1.165, 1.54) is 12.1 Å². The molecule has 0 saturated carbocycles. The summed E-state index contributed by atoms with van der Waals surface area (Å²) in [5.74, 6) is -1.61. The Hall–Kier alpha value is -1.92. The lowest BCUT2D eigenvalue weighted by molar-refractivity contribution is -0.120. The maximum atomic E-state index is 14.0. The van der Waals surface area contributed by atoms with Gasteiger partial charge in [0.1, 0.15) is 16.9 Å². The van der Waals surface area contributed by atoms with Crippen molar-refractivity contribution in [3.05, 3.63) is 65.7 Å². The summed E-state index contributed by atoms with van der Waals surface area (Å²) in [6.07, 6.45) is 0. The minimum absolute atomic E-state index is 0.215. The molecule has 2 aromatic carbocycles. The zero-order chi connectivity index (χ0) is 17.7. The standard InChI is InChI=1S/C18H20F2N2OS/c1-18(2,21)11-22-17(23)16(12-6-4-3-5-7-12)24-15-9-8-13(19)10-14(15)20/h3-10,16H,11,21H2,1-2H3,(H,22,23). The molecule has 0 spiro atoms. The summed E-state index contributed by atoms with van der Waals surface area (Å²) < 4.78 is 27.0. The molecule has 24 heavy (non-hydrogen) atoms. The number of amides is 1. The molecule has 2 aromatic rings. The first-order valence-corrected chi connectivity index (χ1v) is 8.37. The summed E-state index contributed by atoms with van der Waals surface area (Å²) in [7, 11) is 0. The number of halogens is 2. The van der Waals surface area contributed by atoms with Gasteiger partial charge in [0, 0.05) is 23.0 Å². The molecule has 2 rings (SSSR count). The average Bonchev–Trinajstić information content (AvgIpc) is 2.52. The highest BCUT2D eigenvalue weighted by Gasteiger charge is 2.24. The van der Waals surface area contributed by atoms with Gasteiger partial charge >= 0.3 is 0 Å². The highest BCUT2D eigenvalue weighted by atomic mass is 32.2. The Morgan fingerprint density at radius 1 is 1.21 bits per heavy atom. The van der Waals surface area contributed by atoms with Gasteiger partial charge in [-0.25, -0.2) is 8.78 Å². The lowest BCUT2D eigenvalue weighted by Gasteiger charge is -2.22. The van der Waals surface area contributed by atoms with Gasteiger partial charge in [-0.15, -0.1) is 11.8 Å². The van der Waals surface area contributed by atoms with Gasteiger partial charge in [-0.2, -0.15) is 0 Å². The Kier molecular flexibility index (Phi) is 5.96. The molecular weight excluding hydrogens is 330 g/mol. The van der Waals surface area contributed by atoms with Crippen LogP contribution >= 0.6 is 11.8 Å². The molecule has 1 atom stereocenters. The van der Waals surface area contributed by atoms with Crippen LogP contribution in [0.15, 0.2) is 53.4 Å². The molecule has 0 bridgehead atoms. The fourth-order valence-electron chi connectivity index (χ4n) is 2.01. The van der Waals surface area contributed by atoms with Crippen molar-refractivity contribution in [2.45, 2.75) is 29.5 Å². The molecule has 0 fully saturated rings. The molecule has 0 saturated heterocycles. The van der Waals surface area contributed by atoms with Crippen LogP contribution in [0, 0.1) is 11.6 Å². The molecule has 0 aliphatic carbocycles. The number of nitrogens with one attached hydrogen (secondary N) is 1.